The molecule has 186 valence electrons. The van der Waals surface area contributed by atoms with Crippen molar-refractivity contribution in [2.45, 2.75) is 24.9 Å². The Labute approximate surface area is 230 Å². The van der Waals surface area contributed by atoms with Gasteiger partial charge in [0.15, 0.2) is 0 Å². The molecular weight excluding hydrogens is 538 g/mol. The zero-order valence-corrected chi connectivity index (χ0v) is 22.3. The highest BCUT2D eigenvalue weighted by molar-refractivity contribution is 6.42. The van der Waals surface area contributed by atoms with Crippen LogP contribution >= 0.6 is 46.4 Å². The summed E-state index contributed by atoms with van der Waals surface area (Å²) >= 11 is 24.5. The summed E-state index contributed by atoms with van der Waals surface area (Å²) in [6.45, 7) is 2.91. The van der Waals surface area contributed by atoms with E-state index in [1.807, 2.05) is 41.3 Å². The van der Waals surface area contributed by atoms with E-state index in [9.17, 15) is 4.79 Å². The molecule has 1 saturated heterocycles. The Kier molecular flexibility index (Phi) is 7.75. The topological polar surface area (TPSA) is 48.5 Å². The maximum absolute atomic E-state index is 13.4. The van der Waals surface area contributed by atoms with E-state index >= 15 is 0 Å². The van der Waals surface area contributed by atoms with Crippen molar-refractivity contribution in [1.82, 2.24) is 15.2 Å². The first-order valence-corrected chi connectivity index (χ1v) is 13.2. The summed E-state index contributed by atoms with van der Waals surface area (Å²) in [5.41, 5.74) is 3.95. The number of fused-ring (bicyclic) bond motifs is 3. The van der Waals surface area contributed by atoms with E-state index in [1.54, 1.807) is 18.3 Å². The van der Waals surface area contributed by atoms with Gasteiger partial charge in [-0.05, 0) is 65.6 Å². The lowest BCUT2D eigenvalue weighted by molar-refractivity contribution is 0.205. The van der Waals surface area contributed by atoms with Crippen LogP contribution in [0.5, 0.6) is 0 Å². The zero-order chi connectivity index (χ0) is 25.2. The molecule has 3 heterocycles. The molecule has 1 fully saturated rings. The van der Waals surface area contributed by atoms with Crippen molar-refractivity contribution in [2.24, 2.45) is 0 Å². The average molecular weight is 562 g/mol. The number of piperidine rings is 1. The first-order valence-electron chi connectivity index (χ1n) is 11.7. The minimum Gasteiger partial charge on any atom is -0.334 e. The number of nitrogens with zero attached hydrogens (tertiary/aromatic N) is 3. The Hall–Kier alpha value is -2.28. The van der Waals surface area contributed by atoms with Crippen LogP contribution in [0.2, 0.25) is 20.2 Å². The van der Waals surface area contributed by atoms with Gasteiger partial charge in [0.2, 0.25) is 0 Å². The number of hydrogen-bond acceptors (Lipinski definition) is 3. The van der Waals surface area contributed by atoms with E-state index < -0.39 is 0 Å². The molecular formula is C27H24Cl4N4O. The summed E-state index contributed by atoms with van der Waals surface area (Å²) < 4.78 is 0. The molecule has 5 rings (SSSR count). The van der Waals surface area contributed by atoms with E-state index in [0.29, 0.717) is 26.8 Å². The average Bonchev–Trinajstić information content (AvgIpc) is 3.18. The lowest BCUT2D eigenvalue weighted by atomic mass is 9.89. The summed E-state index contributed by atoms with van der Waals surface area (Å²) in [5.74, 6) is 0.187. The molecule has 0 aliphatic carbocycles. The number of likely N-dealkylation sites (tertiary alicyclic amines) is 1. The van der Waals surface area contributed by atoms with Crippen LogP contribution in [0.25, 0.3) is 6.08 Å². The number of aromatic nitrogens is 1. The standard InChI is InChI=1S/C27H24Cl4N4O/c28-19-4-6-24-20(14-19)21-16-34(10-1-2-17-3-5-22(29)23(30)12-17)11-8-25(21)35(24)27(36)33-15-18-7-9-32-26(31)13-18/h1-7,9,12-14,21,25H,8,10-11,15-16H2,(H,33,36). The second kappa shape index (κ2) is 11.0. The van der Waals surface area contributed by atoms with Crippen molar-refractivity contribution in [3.8, 4) is 0 Å². The van der Waals surface area contributed by atoms with Crippen LogP contribution in [-0.2, 0) is 6.54 Å². The van der Waals surface area contributed by atoms with E-state index in [1.165, 1.54) is 0 Å². The molecule has 0 spiro atoms. The molecule has 9 heteroatoms. The highest BCUT2D eigenvalue weighted by atomic mass is 35.5. The maximum atomic E-state index is 13.4. The quantitative estimate of drug-likeness (QED) is 0.332. The van der Waals surface area contributed by atoms with Gasteiger partial charge >= 0.3 is 6.03 Å². The Bertz CT molecular complexity index is 1310. The third-order valence-electron chi connectivity index (χ3n) is 6.71. The van der Waals surface area contributed by atoms with Gasteiger partial charge in [-0.3, -0.25) is 9.80 Å². The zero-order valence-electron chi connectivity index (χ0n) is 19.3. The second-order valence-electron chi connectivity index (χ2n) is 9.02. The van der Waals surface area contributed by atoms with Crippen molar-refractivity contribution >= 4 is 64.2 Å². The molecule has 3 aromatic rings. The number of amides is 2. The highest BCUT2D eigenvalue weighted by Gasteiger charge is 2.44. The Morgan fingerprint density at radius 1 is 1.06 bits per heavy atom. The number of rotatable bonds is 5. The van der Waals surface area contributed by atoms with Crippen LogP contribution < -0.4 is 10.2 Å². The van der Waals surface area contributed by atoms with Crippen LogP contribution in [-0.4, -0.2) is 41.6 Å². The molecule has 2 amide bonds. The Morgan fingerprint density at radius 3 is 2.72 bits per heavy atom. The van der Waals surface area contributed by atoms with Crippen LogP contribution in [0.3, 0.4) is 0 Å². The smallest absolute Gasteiger partial charge is 0.322 e. The van der Waals surface area contributed by atoms with Crippen molar-refractivity contribution in [2.75, 3.05) is 24.5 Å². The fraction of sp³-hybridized carbons (Fsp3) is 0.259. The van der Waals surface area contributed by atoms with Crippen LogP contribution in [0.1, 0.15) is 29.0 Å². The monoisotopic (exact) mass is 560 g/mol. The van der Waals surface area contributed by atoms with Gasteiger partial charge in [0, 0.05) is 55.0 Å². The van der Waals surface area contributed by atoms with Crippen LogP contribution in [0, 0.1) is 0 Å². The third-order valence-corrected chi connectivity index (χ3v) is 7.89. The lowest BCUT2D eigenvalue weighted by Gasteiger charge is -2.37. The van der Waals surface area contributed by atoms with Gasteiger partial charge in [0.25, 0.3) is 0 Å². The fourth-order valence-electron chi connectivity index (χ4n) is 5.04. The Balaban J connectivity index is 1.29. The van der Waals surface area contributed by atoms with E-state index in [0.717, 1.165) is 48.4 Å². The second-order valence-corrected chi connectivity index (χ2v) is 10.7. The molecule has 2 unspecified atom stereocenters. The predicted molar refractivity (Wildman–Crippen MR) is 148 cm³/mol. The van der Waals surface area contributed by atoms with Gasteiger partial charge in [-0.15, -0.1) is 0 Å². The molecule has 2 atom stereocenters. The minimum atomic E-state index is -0.119. The van der Waals surface area contributed by atoms with E-state index in [-0.39, 0.29) is 18.0 Å². The number of urea groups is 1. The summed E-state index contributed by atoms with van der Waals surface area (Å²) in [7, 11) is 0. The summed E-state index contributed by atoms with van der Waals surface area (Å²) in [6, 6.07) is 15.0. The summed E-state index contributed by atoms with van der Waals surface area (Å²) in [6.07, 6.45) is 6.70. The SMILES string of the molecule is O=C(NCc1ccnc(Cl)c1)N1c2ccc(Cl)cc2C2CN(CC=Cc3ccc(Cl)c(Cl)c3)CCC21. The van der Waals surface area contributed by atoms with Gasteiger partial charge < -0.3 is 5.32 Å². The molecule has 2 aliphatic rings. The first-order chi connectivity index (χ1) is 17.4. The third kappa shape index (κ3) is 5.51. The van der Waals surface area contributed by atoms with Gasteiger partial charge in [0.05, 0.1) is 10.0 Å². The number of halogens is 4. The Morgan fingerprint density at radius 2 is 1.92 bits per heavy atom. The first kappa shape index (κ1) is 25.4. The largest absolute Gasteiger partial charge is 0.334 e. The molecule has 0 radical (unpaired) electrons. The predicted octanol–water partition coefficient (Wildman–Crippen LogP) is 7.30. The summed E-state index contributed by atoms with van der Waals surface area (Å²) in [5, 5.41) is 5.23. The molecule has 1 aromatic heterocycles. The lowest BCUT2D eigenvalue weighted by Crippen LogP contribution is -2.50. The molecule has 0 bridgehead atoms. The van der Waals surface area contributed by atoms with Crippen molar-refractivity contribution < 1.29 is 4.79 Å². The van der Waals surface area contributed by atoms with Gasteiger partial charge in [0.1, 0.15) is 5.15 Å². The van der Waals surface area contributed by atoms with Gasteiger partial charge in [-0.1, -0.05) is 64.6 Å². The number of nitrogens with one attached hydrogen (secondary N) is 1. The number of hydrogen-bond donors (Lipinski definition) is 1. The van der Waals surface area contributed by atoms with Crippen LogP contribution in [0.15, 0.2) is 60.8 Å². The summed E-state index contributed by atoms with van der Waals surface area (Å²) in [4.78, 5) is 21.7. The van der Waals surface area contributed by atoms with Gasteiger partial charge in [-0.25, -0.2) is 9.78 Å². The molecule has 1 N–H and O–H groups in total. The molecule has 0 saturated carbocycles. The number of benzene rings is 2. The van der Waals surface area contributed by atoms with Crippen LogP contribution in [0.4, 0.5) is 10.5 Å². The molecule has 2 aliphatic heterocycles. The normalized spacial score (nSPS) is 19.4. The number of carbonyl (C=O) groups is 1. The molecule has 36 heavy (non-hydrogen) atoms. The van der Waals surface area contributed by atoms with Crippen molar-refractivity contribution in [3.05, 3.63) is 97.7 Å². The number of carbonyl (C=O) groups excluding carboxylic acids is 1. The highest BCUT2D eigenvalue weighted by Crippen LogP contribution is 2.45. The van der Waals surface area contributed by atoms with E-state index in [4.69, 9.17) is 46.4 Å². The van der Waals surface area contributed by atoms with E-state index in [2.05, 4.69) is 27.4 Å². The fourth-order valence-corrected chi connectivity index (χ4v) is 5.72. The van der Waals surface area contributed by atoms with Crippen molar-refractivity contribution in [1.29, 1.82) is 0 Å². The number of pyridine rings is 1. The minimum absolute atomic E-state index is 0.0785. The molecule has 2 aromatic carbocycles. The van der Waals surface area contributed by atoms with Crippen molar-refractivity contribution in [3.63, 3.8) is 0 Å². The molecule has 5 nitrogen and oxygen atoms in total. The number of anilines is 1. The maximum Gasteiger partial charge on any atom is 0.322 e. The van der Waals surface area contributed by atoms with Gasteiger partial charge in [-0.2, -0.15) is 0 Å².